The predicted molar refractivity (Wildman–Crippen MR) is 145 cm³/mol. The number of carbonyl (C=O) groups is 2. The van der Waals surface area contributed by atoms with Crippen LogP contribution in [0.2, 0.25) is 0 Å². The number of hydrogen-bond acceptors (Lipinski definition) is 8. The fourth-order valence-electron chi connectivity index (χ4n) is 4.21. The van der Waals surface area contributed by atoms with Crippen molar-refractivity contribution in [1.29, 1.82) is 0 Å². The summed E-state index contributed by atoms with van der Waals surface area (Å²) in [7, 11) is 4.62. The summed E-state index contributed by atoms with van der Waals surface area (Å²) in [5, 5.41) is -0.459. The molecule has 0 aliphatic carbocycles. The van der Waals surface area contributed by atoms with E-state index in [0.717, 1.165) is 11.1 Å². The summed E-state index contributed by atoms with van der Waals surface area (Å²) in [5.74, 6) is 1.68. The largest absolute Gasteiger partial charge is 0.497 e. The molecule has 4 rings (SSSR count). The lowest BCUT2D eigenvalue weighted by Crippen LogP contribution is -2.43. The lowest BCUT2D eigenvalue weighted by atomic mass is 10.1. The summed E-state index contributed by atoms with van der Waals surface area (Å²) < 4.78 is 27.7. The van der Waals surface area contributed by atoms with Gasteiger partial charge in [0.2, 0.25) is 0 Å². The normalized spacial score (nSPS) is 16.6. The molecule has 1 fully saturated rings. The third-order valence-electron chi connectivity index (χ3n) is 6.10. The van der Waals surface area contributed by atoms with Crippen LogP contribution in [0.3, 0.4) is 0 Å². The molecule has 3 aromatic carbocycles. The van der Waals surface area contributed by atoms with Crippen LogP contribution in [-0.4, -0.2) is 56.5 Å². The van der Waals surface area contributed by atoms with Gasteiger partial charge in [0.15, 0.2) is 11.5 Å². The smallest absolute Gasteiger partial charge is 0.329 e. The maximum Gasteiger partial charge on any atom is 0.329 e. The zero-order valence-corrected chi connectivity index (χ0v) is 22.7. The third kappa shape index (κ3) is 5.99. The number of rotatable bonds is 10. The van der Waals surface area contributed by atoms with Crippen molar-refractivity contribution in [2.45, 2.75) is 24.9 Å². The zero-order chi connectivity index (χ0) is 27.1. The lowest BCUT2D eigenvalue weighted by molar-refractivity contribution is -0.147. The second kappa shape index (κ2) is 12.6. The number of thioether (sulfide) groups is 1. The number of esters is 1. The Bertz CT molecular complexity index is 1240. The Hall–Kier alpha value is -3.85. The molecule has 0 N–H and O–H groups in total. The molecular weight excluding hydrogens is 506 g/mol. The first kappa shape index (κ1) is 27.2. The third-order valence-corrected chi connectivity index (χ3v) is 7.43. The monoisotopic (exact) mass is 537 g/mol. The van der Waals surface area contributed by atoms with Crippen LogP contribution < -0.4 is 18.9 Å². The van der Waals surface area contributed by atoms with Gasteiger partial charge in [0.05, 0.1) is 27.9 Å². The SMILES string of the molecule is CCOC(=O)C1CSC(c2ccc(OC)c(OCc3ccccc3)c2)N1C(=O)c1cc(OC)cc(OC)c1. The van der Waals surface area contributed by atoms with Crippen LogP contribution in [0.25, 0.3) is 0 Å². The van der Waals surface area contributed by atoms with Crippen LogP contribution >= 0.6 is 11.8 Å². The van der Waals surface area contributed by atoms with Crippen molar-refractivity contribution in [3.8, 4) is 23.0 Å². The predicted octanol–water partition coefficient (Wildman–Crippen LogP) is 5.11. The maximum absolute atomic E-state index is 13.9. The van der Waals surface area contributed by atoms with E-state index >= 15 is 0 Å². The number of methoxy groups -OCH3 is 3. The van der Waals surface area contributed by atoms with Gasteiger partial charge in [0.1, 0.15) is 29.5 Å². The molecule has 9 heteroatoms. The fraction of sp³-hybridized carbons (Fsp3) is 0.310. The molecule has 8 nitrogen and oxygen atoms in total. The number of carbonyl (C=O) groups excluding carboxylic acids is 2. The molecule has 38 heavy (non-hydrogen) atoms. The van der Waals surface area contributed by atoms with Gasteiger partial charge in [-0.15, -0.1) is 11.8 Å². The molecule has 1 aliphatic heterocycles. The highest BCUT2D eigenvalue weighted by Crippen LogP contribution is 2.45. The van der Waals surface area contributed by atoms with Crippen molar-refractivity contribution in [2.24, 2.45) is 0 Å². The average molecular weight is 538 g/mol. The molecule has 1 heterocycles. The van der Waals surface area contributed by atoms with Crippen molar-refractivity contribution in [2.75, 3.05) is 33.7 Å². The Balaban J connectivity index is 1.69. The molecule has 2 atom stereocenters. The fourth-order valence-corrected chi connectivity index (χ4v) is 5.61. The average Bonchev–Trinajstić information content (AvgIpc) is 3.41. The Labute approximate surface area is 226 Å². The molecule has 0 radical (unpaired) electrons. The summed E-state index contributed by atoms with van der Waals surface area (Å²) >= 11 is 1.49. The number of amides is 1. The van der Waals surface area contributed by atoms with E-state index in [4.69, 9.17) is 23.7 Å². The van der Waals surface area contributed by atoms with Gasteiger partial charge >= 0.3 is 5.97 Å². The van der Waals surface area contributed by atoms with Crippen LogP contribution in [0.4, 0.5) is 0 Å². The summed E-state index contributed by atoms with van der Waals surface area (Å²) in [5.41, 5.74) is 2.16. The molecule has 2 unspecified atom stereocenters. The minimum absolute atomic E-state index is 0.222. The van der Waals surface area contributed by atoms with E-state index in [1.165, 1.54) is 26.0 Å². The van der Waals surface area contributed by atoms with Crippen LogP contribution in [0.1, 0.15) is 33.8 Å². The van der Waals surface area contributed by atoms with Crippen LogP contribution in [0.5, 0.6) is 23.0 Å². The molecule has 1 aliphatic rings. The first-order valence-electron chi connectivity index (χ1n) is 12.2. The van der Waals surface area contributed by atoms with E-state index in [1.54, 1.807) is 37.1 Å². The van der Waals surface area contributed by atoms with Gasteiger partial charge in [0, 0.05) is 17.4 Å². The van der Waals surface area contributed by atoms with Gasteiger partial charge in [-0.1, -0.05) is 36.4 Å². The first-order chi connectivity index (χ1) is 18.5. The second-order valence-electron chi connectivity index (χ2n) is 8.45. The summed E-state index contributed by atoms with van der Waals surface area (Å²) in [6.07, 6.45) is 0. The van der Waals surface area contributed by atoms with Gasteiger partial charge in [-0.25, -0.2) is 4.79 Å². The van der Waals surface area contributed by atoms with Crippen molar-refractivity contribution in [1.82, 2.24) is 4.90 Å². The molecule has 0 spiro atoms. The molecule has 0 saturated carbocycles. The molecule has 1 amide bonds. The molecular formula is C29H31NO7S. The topological polar surface area (TPSA) is 83.5 Å². The lowest BCUT2D eigenvalue weighted by Gasteiger charge is -2.29. The van der Waals surface area contributed by atoms with Crippen LogP contribution in [0.15, 0.2) is 66.7 Å². The highest BCUT2D eigenvalue weighted by atomic mass is 32.2. The number of benzene rings is 3. The number of ether oxygens (including phenoxy) is 5. The molecule has 200 valence electrons. The highest BCUT2D eigenvalue weighted by Gasteiger charge is 2.44. The molecule has 3 aromatic rings. The Morgan fingerprint density at radius 1 is 0.895 bits per heavy atom. The van der Waals surface area contributed by atoms with Crippen molar-refractivity contribution in [3.63, 3.8) is 0 Å². The zero-order valence-electron chi connectivity index (χ0n) is 21.8. The van der Waals surface area contributed by atoms with Gasteiger partial charge < -0.3 is 28.6 Å². The minimum atomic E-state index is -0.759. The maximum atomic E-state index is 13.9. The quantitative estimate of drug-likeness (QED) is 0.330. The molecule has 0 bridgehead atoms. The highest BCUT2D eigenvalue weighted by molar-refractivity contribution is 7.99. The van der Waals surface area contributed by atoms with E-state index in [9.17, 15) is 9.59 Å². The van der Waals surface area contributed by atoms with Crippen molar-refractivity contribution >= 4 is 23.6 Å². The van der Waals surface area contributed by atoms with E-state index in [2.05, 4.69) is 0 Å². The second-order valence-corrected chi connectivity index (χ2v) is 9.57. The van der Waals surface area contributed by atoms with Gasteiger partial charge in [-0.3, -0.25) is 4.79 Å². The van der Waals surface area contributed by atoms with Crippen LogP contribution in [0, 0.1) is 0 Å². The van der Waals surface area contributed by atoms with Gasteiger partial charge in [0.25, 0.3) is 5.91 Å². The number of nitrogens with zero attached hydrogens (tertiary/aromatic N) is 1. The molecule has 1 saturated heterocycles. The Morgan fingerprint density at radius 2 is 1.61 bits per heavy atom. The summed E-state index contributed by atoms with van der Waals surface area (Å²) in [4.78, 5) is 28.4. The van der Waals surface area contributed by atoms with E-state index < -0.39 is 17.4 Å². The van der Waals surface area contributed by atoms with E-state index in [0.29, 0.717) is 40.9 Å². The van der Waals surface area contributed by atoms with Crippen molar-refractivity contribution in [3.05, 3.63) is 83.4 Å². The van der Waals surface area contributed by atoms with Crippen LogP contribution in [-0.2, 0) is 16.1 Å². The first-order valence-corrected chi connectivity index (χ1v) is 13.2. The summed E-state index contributed by atoms with van der Waals surface area (Å²) in [6, 6.07) is 19.6. The van der Waals surface area contributed by atoms with E-state index in [1.807, 2.05) is 48.5 Å². The Morgan fingerprint density at radius 3 is 2.24 bits per heavy atom. The minimum Gasteiger partial charge on any atom is -0.497 e. The van der Waals surface area contributed by atoms with Gasteiger partial charge in [-0.2, -0.15) is 0 Å². The Kier molecular flexibility index (Phi) is 9.02. The number of hydrogen-bond donors (Lipinski definition) is 0. The standard InChI is InChI=1S/C29H31NO7S/c1-5-36-29(32)24-18-38-28(30(24)27(31)21-13-22(33-2)16-23(14-21)34-3)20-11-12-25(35-4)26(15-20)37-17-19-9-7-6-8-10-19/h6-16,24,28H,5,17-18H2,1-4H3. The van der Waals surface area contributed by atoms with E-state index in [-0.39, 0.29) is 12.5 Å². The van der Waals surface area contributed by atoms with Gasteiger partial charge in [-0.05, 0) is 42.3 Å². The molecule has 0 aromatic heterocycles. The summed E-state index contributed by atoms with van der Waals surface area (Å²) in [6.45, 7) is 2.33. The van der Waals surface area contributed by atoms with Crippen molar-refractivity contribution < 1.29 is 33.3 Å².